The fraction of sp³-hybridized carbons (Fsp3) is 0.294. The van der Waals surface area contributed by atoms with Gasteiger partial charge in [0.2, 0.25) is 0 Å². The molecule has 0 saturated heterocycles. The van der Waals surface area contributed by atoms with Crippen LogP contribution in [0.4, 0.5) is 0 Å². The number of nitrogens with one attached hydrogen (secondary N) is 1. The number of fused-ring (bicyclic) bond motifs is 1. The summed E-state index contributed by atoms with van der Waals surface area (Å²) in [5.74, 6) is 0.0262. The van der Waals surface area contributed by atoms with Crippen molar-refractivity contribution in [2.45, 2.75) is 25.9 Å². The van der Waals surface area contributed by atoms with Gasteiger partial charge in [-0.15, -0.1) is 0 Å². The van der Waals surface area contributed by atoms with Crippen LogP contribution in [0.1, 0.15) is 35.6 Å². The summed E-state index contributed by atoms with van der Waals surface area (Å²) in [7, 11) is 0. The molecule has 5 nitrogen and oxygen atoms in total. The Morgan fingerprint density at radius 3 is 3.13 bits per heavy atom. The highest BCUT2D eigenvalue weighted by atomic mass is 32.1. The summed E-state index contributed by atoms with van der Waals surface area (Å²) in [6.45, 7) is 3.69. The molecule has 1 atom stereocenters. The molecule has 1 amide bonds. The number of carbonyl (C=O) groups excluding carboxylic acids is 1. The van der Waals surface area contributed by atoms with Crippen LogP contribution in [0.3, 0.4) is 0 Å². The van der Waals surface area contributed by atoms with Crippen molar-refractivity contribution < 1.29 is 4.79 Å². The zero-order valence-electron chi connectivity index (χ0n) is 12.9. The van der Waals surface area contributed by atoms with Gasteiger partial charge in [0.1, 0.15) is 5.69 Å². The van der Waals surface area contributed by atoms with E-state index in [1.54, 1.807) is 11.3 Å². The molecule has 23 heavy (non-hydrogen) atoms. The third kappa shape index (κ3) is 2.39. The molecule has 0 aromatic carbocycles. The van der Waals surface area contributed by atoms with E-state index in [0.717, 1.165) is 30.8 Å². The van der Waals surface area contributed by atoms with Crippen LogP contribution < -0.4 is 0 Å². The fourth-order valence-electron chi connectivity index (χ4n) is 3.28. The molecule has 1 aliphatic rings. The first kappa shape index (κ1) is 14.3. The molecule has 0 radical (unpaired) electrons. The first-order chi connectivity index (χ1) is 11.3. The van der Waals surface area contributed by atoms with Crippen LogP contribution in [-0.4, -0.2) is 32.1 Å². The predicted octanol–water partition coefficient (Wildman–Crippen LogP) is 3.55. The van der Waals surface area contributed by atoms with Gasteiger partial charge in [-0.2, -0.15) is 16.4 Å². The van der Waals surface area contributed by atoms with Gasteiger partial charge >= 0.3 is 0 Å². The van der Waals surface area contributed by atoms with Gasteiger partial charge in [0, 0.05) is 35.9 Å². The smallest absolute Gasteiger partial charge is 0.272 e. The highest BCUT2D eigenvalue weighted by Gasteiger charge is 2.31. The zero-order chi connectivity index (χ0) is 15.8. The summed E-state index contributed by atoms with van der Waals surface area (Å²) in [6.07, 6.45) is 2.99. The second kappa shape index (κ2) is 5.70. The van der Waals surface area contributed by atoms with Crippen molar-refractivity contribution in [1.29, 1.82) is 0 Å². The molecular formula is C17H18N4OS. The normalized spacial score (nSPS) is 17.3. The minimum absolute atomic E-state index is 0.0262. The number of carbonyl (C=O) groups is 1. The number of hydrogen-bond acceptors (Lipinski definition) is 3. The van der Waals surface area contributed by atoms with Gasteiger partial charge in [-0.25, -0.2) is 0 Å². The number of thiophene rings is 1. The third-order valence-electron chi connectivity index (χ3n) is 4.44. The van der Waals surface area contributed by atoms with Gasteiger partial charge in [-0.05, 0) is 36.1 Å². The van der Waals surface area contributed by atoms with Crippen LogP contribution in [-0.2, 0) is 6.54 Å². The Labute approximate surface area is 138 Å². The lowest BCUT2D eigenvalue weighted by Crippen LogP contribution is -2.41. The average molecular weight is 326 g/mol. The quantitative estimate of drug-likeness (QED) is 0.800. The summed E-state index contributed by atoms with van der Waals surface area (Å²) in [6, 6.07) is 8.15. The van der Waals surface area contributed by atoms with E-state index < -0.39 is 0 Å². The predicted molar refractivity (Wildman–Crippen MR) is 90.4 cm³/mol. The molecule has 0 aliphatic carbocycles. The monoisotopic (exact) mass is 326 g/mol. The zero-order valence-corrected chi connectivity index (χ0v) is 13.7. The molecule has 4 rings (SSSR count). The number of nitrogens with zero attached hydrogens (tertiary/aromatic N) is 3. The lowest BCUT2D eigenvalue weighted by molar-refractivity contribution is 0.0611. The number of rotatable bonds is 3. The molecule has 4 heterocycles. The SMILES string of the molecule is CC[C@@H]1c2cccn2CCN1C(=O)c1cc(-c2ccsc2)n[nH]1. The topological polar surface area (TPSA) is 53.9 Å². The third-order valence-corrected chi connectivity index (χ3v) is 5.12. The maximum absolute atomic E-state index is 12.9. The number of amides is 1. The maximum atomic E-state index is 12.9. The highest BCUT2D eigenvalue weighted by Crippen LogP contribution is 2.30. The average Bonchev–Trinajstić information content (AvgIpc) is 3.32. The van der Waals surface area contributed by atoms with Crippen molar-refractivity contribution in [3.05, 3.63) is 52.6 Å². The van der Waals surface area contributed by atoms with Gasteiger partial charge in [-0.3, -0.25) is 9.89 Å². The van der Waals surface area contributed by atoms with Crippen LogP contribution in [0.5, 0.6) is 0 Å². The van der Waals surface area contributed by atoms with E-state index in [0.29, 0.717) is 5.69 Å². The van der Waals surface area contributed by atoms with E-state index in [4.69, 9.17) is 0 Å². The lowest BCUT2D eigenvalue weighted by atomic mass is 10.1. The fourth-order valence-corrected chi connectivity index (χ4v) is 3.93. The van der Waals surface area contributed by atoms with E-state index in [1.165, 1.54) is 5.69 Å². The Morgan fingerprint density at radius 2 is 2.35 bits per heavy atom. The standard InChI is InChI=1S/C17H18N4OS/c1-2-15-16-4-3-6-20(16)7-8-21(15)17(22)14-10-13(18-19-14)12-5-9-23-11-12/h3-6,9-11,15H,2,7-8H2,1H3,(H,18,19)/t15-/m1/s1. The van der Waals surface area contributed by atoms with Gasteiger partial charge in [-0.1, -0.05) is 6.92 Å². The Bertz CT molecular complexity index is 817. The number of aromatic nitrogens is 3. The van der Waals surface area contributed by atoms with E-state index in [9.17, 15) is 4.79 Å². The van der Waals surface area contributed by atoms with E-state index in [-0.39, 0.29) is 11.9 Å². The molecule has 3 aromatic rings. The number of H-pyrrole nitrogens is 1. The summed E-state index contributed by atoms with van der Waals surface area (Å²) in [4.78, 5) is 14.9. The van der Waals surface area contributed by atoms with Crippen LogP contribution >= 0.6 is 11.3 Å². The molecular weight excluding hydrogens is 308 g/mol. The van der Waals surface area contributed by atoms with Gasteiger partial charge in [0.05, 0.1) is 11.7 Å². The maximum Gasteiger partial charge on any atom is 0.272 e. The van der Waals surface area contributed by atoms with E-state index >= 15 is 0 Å². The van der Waals surface area contributed by atoms with Crippen molar-refractivity contribution in [1.82, 2.24) is 19.7 Å². The van der Waals surface area contributed by atoms with Crippen molar-refractivity contribution in [3.63, 3.8) is 0 Å². The van der Waals surface area contributed by atoms with Gasteiger partial charge in [0.25, 0.3) is 5.91 Å². The molecule has 0 saturated carbocycles. The summed E-state index contributed by atoms with van der Waals surface area (Å²) < 4.78 is 2.24. The molecule has 0 bridgehead atoms. The van der Waals surface area contributed by atoms with E-state index in [1.807, 2.05) is 27.8 Å². The molecule has 3 aromatic heterocycles. The van der Waals surface area contributed by atoms with Crippen LogP contribution in [0.25, 0.3) is 11.3 Å². The first-order valence-electron chi connectivity index (χ1n) is 7.82. The van der Waals surface area contributed by atoms with Crippen LogP contribution in [0, 0.1) is 0 Å². The van der Waals surface area contributed by atoms with E-state index in [2.05, 4.69) is 40.0 Å². The molecule has 1 aliphatic heterocycles. The molecule has 6 heteroatoms. The van der Waals surface area contributed by atoms with Crippen molar-refractivity contribution in [2.75, 3.05) is 6.54 Å². The van der Waals surface area contributed by atoms with Crippen LogP contribution in [0.2, 0.25) is 0 Å². The molecule has 1 N–H and O–H groups in total. The first-order valence-corrected chi connectivity index (χ1v) is 8.76. The molecule has 0 spiro atoms. The van der Waals surface area contributed by atoms with Gasteiger partial charge in [0.15, 0.2) is 0 Å². The lowest BCUT2D eigenvalue weighted by Gasteiger charge is -2.36. The molecule has 118 valence electrons. The Morgan fingerprint density at radius 1 is 1.43 bits per heavy atom. The number of hydrogen-bond donors (Lipinski definition) is 1. The highest BCUT2D eigenvalue weighted by molar-refractivity contribution is 7.08. The van der Waals surface area contributed by atoms with Gasteiger partial charge < -0.3 is 9.47 Å². The second-order valence-corrected chi connectivity index (χ2v) is 6.51. The molecule has 0 fully saturated rings. The van der Waals surface area contributed by atoms with Crippen molar-refractivity contribution in [3.8, 4) is 11.3 Å². The second-order valence-electron chi connectivity index (χ2n) is 5.73. The Hall–Kier alpha value is -2.34. The summed E-state index contributed by atoms with van der Waals surface area (Å²) >= 11 is 1.63. The van der Waals surface area contributed by atoms with Crippen molar-refractivity contribution in [2.24, 2.45) is 0 Å². The summed E-state index contributed by atoms with van der Waals surface area (Å²) in [5.41, 5.74) is 3.64. The largest absolute Gasteiger partial charge is 0.348 e. The minimum Gasteiger partial charge on any atom is -0.348 e. The molecule has 0 unspecified atom stereocenters. The summed E-state index contributed by atoms with van der Waals surface area (Å²) in [5, 5.41) is 11.2. The minimum atomic E-state index is 0.0262. The Kier molecular flexibility index (Phi) is 3.53. The van der Waals surface area contributed by atoms with Crippen LogP contribution in [0.15, 0.2) is 41.2 Å². The van der Waals surface area contributed by atoms with Crippen molar-refractivity contribution >= 4 is 17.2 Å². The number of aromatic amines is 1. The Balaban J connectivity index is 1.62.